The van der Waals surface area contributed by atoms with Crippen molar-refractivity contribution in [3.05, 3.63) is 99.1 Å². The normalized spacial score (nSPS) is 10.5. The van der Waals surface area contributed by atoms with Gasteiger partial charge in [-0.05, 0) is 81.8 Å². The van der Waals surface area contributed by atoms with Gasteiger partial charge in [0.2, 0.25) is 0 Å². The van der Waals surface area contributed by atoms with Crippen LogP contribution in [0.4, 0.5) is 8.78 Å². The van der Waals surface area contributed by atoms with Gasteiger partial charge in [-0.3, -0.25) is 0 Å². The molecule has 0 saturated heterocycles. The van der Waals surface area contributed by atoms with Crippen LogP contribution in [-0.4, -0.2) is 23.4 Å². The zero-order valence-electron chi connectivity index (χ0n) is 15.6. The number of carboxylic acid groups (broad SMARTS) is 1. The molecule has 0 radical (unpaired) electrons. The minimum absolute atomic E-state index is 0.353. The summed E-state index contributed by atoms with van der Waals surface area (Å²) in [6.45, 7) is -0.393. The van der Waals surface area contributed by atoms with Crippen molar-refractivity contribution < 1.29 is 23.4 Å². The Morgan fingerprint density at radius 1 is 1.00 bits per heavy atom. The Hall–Kier alpha value is -2.39. The molecular weight excluding hydrogens is 521 g/mol. The quantitative estimate of drug-likeness (QED) is 0.272. The number of thioether (sulfide) groups is 1. The Bertz CT molecular complexity index is 1040. The van der Waals surface area contributed by atoms with Crippen LogP contribution < -0.4 is 4.74 Å². The van der Waals surface area contributed by atoms with Crippen molar-refractivity contribution >= 4 is 45.9 Å². The molecule has 0 unspecified atom stereocenters. The molecule has 3 nitrogen and oxygen atoms in total. The van der Waals surface area contributed by atoms with Gasteiger partial charge in [-0.15, -0.1) is 11.8 Å². The van der Waals surface area contributed by atoms with E-state index >= 15 is 0 Å². The van der Waals surface area contributed by atoms with Gasteiger partial charge in [0.1, 0.15) is 17.4 Å². The van der Waals surface area contributed by atoms with Gasteiger partial charge in [-0.25, -0.2) is 13.6 Å². The average molecular weight is 538 g/mol. The van der Waals surface area contributed by atoms with Crippen LogP contribution in [0.1, 0.15) is 11.1 Å². The van der Waals surface area contributed by atoms with Crippen LogP contribution in [0.3, 0.4) is 0 Å². The highest BCUT2D eigenvalue weighted by molar-refractivity contribution is 14.1. The number of hydrogen-bond acceptors (Lipinski definition) is 3. The maximum Gasteiger partial charge on any atom is 0.341 e. The van der Waals surface area contributed by atoms with E-state index in [4.69, 9.17) is 9.84 Å². The van der Waals surface area contributed by atoms with Gasteiger partial charge in [0, 0.05) is 14.2 Å². The van der Waals surface area contributed by atoms with E-state index in [0.717, 1.165) is 14.0 Å². The fourth-order valence-corrected chi connectivity index (χ4v) is 4.51. The molecule has 0 heterocycles. The van der Waals surface area contributed by atoms with Crippen LogP contribution >= 0.6 is 34.4 Å². The summed E-state index contributed by atoms with van der Waals surface area (Å²) in [7, 11) is 0. The highest BCUT2D eigenvalue weighted by atomic mass is 127. The molecule has 0 atom stereocenters. The number of aliphatic carboxylic acids is 1. The van der Waals surface area contributed by atoms with Crippen LogP contribution in [0.2, 0.25) is 0 Å². The van der Waals surface area contributed by atoms with Crippen LogP contribution in [-0.2, 0) is 4.79 Å². The lowest BCUT2D eigenvalue weighted by molar-refractivity contribution is -0.139. The third-order valence-electron chi connectivity index (χ3n) is 4.06. The second kappa shape index (κ2) is 10.6. The van der Waals surface area contributed by atoms with E-state index in [-0.39, 0.29) is 11.6 Å². The van der Waals surface area contributed by atoms with E-state index in [0.29, 0.717) is 22.6 Å². The van der Waals surface area contributed by atoms with Gasteiger partial charge >= 0.3 is 5.97 Å². The number of carbonyl (C=O) groups is 1. The average Bonchev–Trinajstić information content (AvgIpc) is 2.71. The van der Waals surface area contributed by atoms with Gasteiger partial charge in [0.25, 0.3) is 0 Å². The molecule has 3 aromatic rings. The number of halogens is 3. The Balaban J connectivity index is 1.80. The summed E-state index contributed by atoms with van der Waals surface area (Å²) in [4.78, 5) is 11.6. The summed E-state index contributed by atoms with van der Waals surface area (Å²) < 4.78 is 33.6. The second-order valence-corrected chi connectivity index (χ2v) is 8.45. The number of benzene rings is 3. The number of hydrogen-bond donors (Lipinski definition) is 1. The van der Waals surface area contributed by atoms with Crippen molar-refractivity contribution in [2.75, 3.05) is 12.4 Å². The molecule has 0 aliphatic heterocycles. The molecule has 0 saturated carbocycles. The van der Waals surface area contributed by atoms with Crippen molar-refractivity contribution in [2.45, 2.75) is 4.90 Å². The van der Waals surface area contributed by atoms with E-state index in [9.17, 15) is 13.6 Å². The van der Waals surface area contributed by atoms with Gasteiger partial charge in [-0.1, -0.05) is 30.3 Å². The van der Waals surface area contributed by atoms with Gasteiger partial charge in [0.15, 0.2) is 6.61 Å². The van der Waals surface area contributed by atoms with E-state index < -0.39 is 12.6 Å². The molecule has 1 N–H and O–H groups in total. The largest absolute Gasteiger partial charge is 0.482 e. The first-order valence-electron chi connectivity index (χ1n) is 8.91. The summed E-state index contributed by atoms with van der Waals surface area (Å²) in [5, 5.41) is 8.70. The lowest BCUT2D eigenvalue weighted by Crippen LogP contribution is -2.09. The monoisotopic (exact) mass is 538 g/mol. The molecule has 0 aromatic heterocycles. The Labute approximate surface area is 190 Å². The first kappa shape index (κ1) is 22.3. The molecule has 7 heteroatoms. The molecule has 0 amide bonds. The lowest BCUT2D eigenvalue weighted by Gasteiger charge is -2.10. The summed E-state index contributed by atoms with van der Waals surface area (Å²) in [6, 6.07) is 17.8. The lowest BCUT2D eigenvalue weighted by atomic mass is 9.97. The van der Waals surface area contributed by atoms with Gasteiger partial charge < -0.3 is 9.84 Å². The highest BCUT2D eigenvalue weighted by Crippen LogP contribution is 2.30. The molecule has 0 fully saturated rings. The van der Waals surface area contributed by atoms with Crippen LogP contribution in [0.25, 0.3) is 5.57 Å². The van der Waals surface area contributed by atoms with Crippen LogP contribution in [0, 0.1) is 15.2 Å². The maximum atomic E-state index is 13.8. The summed E-state index contributed by atoms with van der Waals surface area (Å²) >= 11 is 3.73. The smallest absolute Gasteiger partial charge is 0.341 e. The van der Waals surface area contributed by atoms with E-state index in [1.807, 2.05) is 12.1 Å². The highest BCUT2D eigenvalue weighted by Gasteiger charge is 2.09. The Morgan fingerprint density at radius 2 is 1.63 bits per heavy atom. The number of carboxylic acids is 1. The van der Waals surface area contributed by atoms with Crippen molar-refractivity contribution in [2.24, 2.45) is 0 Å². The Kier molecular flexibility index (Phi) is 7.87. The topological polar surface area (TPSA) is 46.5 Å². The standard InChI is InChI=1S/C23H17F2IO3S/c24-17-5-1-3-15(11-17)20(16-4-2-6-18(25)12-16)9-10-30-22-8-7-19(13-21(22)26)29-14-23(27)28/h1-9,11-13H,10,14H2,(H,27,28). The van der Waals surface area contributed by atoms with Gasteiger partial charge in [0.05, 0.1) is 0 Å². The summed E-state index contributed by atoms with van der Waals surface area (Å²) in [5.74, 6) is -0.672. The molecule has 0 bridgehead atoms. The van der Waals surface area contributed by atoms with Crippen LogP contribution in [0.5, 0.6) is 5.75 Å². The molecule has 0 spiro atoms. The predicted octanol–water partition coefficient (Wildman–Crippen LogP) is 6.26. The molecule has 3 aromatic carbocycles. The third-order valence-corrected chi connectivity index (χ3v) is 6.32. The Morgan fingerprint density at radius 3 is 2.17 bits per heavy atom. The minimum Gasteiger partial charge on any atom is -0.482 e. The SMILES string of the molecule is O=C(O)COc1ccc(SCC=C(c2cccc(F)c2)c2cccc(F)c2)c(I)c1. The zero-order chi connectivity index (χ0) is 21.5. The number of ether oxygens (including phenoxy) is 1. The molecule has 0 aliphatic carbocycles. The van der Waals surface area contributed by atoms with Crippen molar-refractivity contribution in [3.63, 3.8) is 0 Å². The molecular formula is C23H17F2IO3S. The van der Waals surface area contributed by atoms with E-state index in [1.54, 1.807) is 48.2 Å². The van der Waals surface area contributed by atoms with Gasteiger partial charge in [-0.2, -0.15) is 0 Å². The maximum absolute atomic E-state index is 13.8. The second-order valence-electron chi connectivity index (χ2n) is 6.22. The first-order valence-corrected chi connectivity index (χ1v) is 11.0. The number of rotatable bonds is 8. The fraction of sp³-hybridized carbons (Fsp3) is 0.0870. The zero-order valence-corrected chi connectivity index (χ0v) is 18.6. The third kappa shape index (κ3) is 6.30. The van der Waals surface area contributed by atoms with E-state index in [2.05, 4.69) is 22.6 Å². The van der Waals surface area contributed by atoms with Crippen molar-refractivity contribution in [1.29, 1.82) is 0 Å². The molecule has 0 aliphatic rings. The fourth-order valence-electron chi connectivity index (χ4n) is 2.76. The summed E-state index contributed by atoms with van der Waals surface area (Å²) in [5.41, 5.74) is 2.10. The molecule has 3 rings (SSSR count). The molecule has 30 heavy (non-hydrogen) atoms. The predicted molar refractivity (Wildman–Crippen MR) is 123 cm³/mol. The van der Waals surface area contributed by atoms with Crippen LogP contribution in [0.15, 0.2) is 77.7 Å². The summed E-state index contributed by atoms with van der Waals surface area (Å²) in [6.07, 6.45) is 1.94. The van der Waals surface area contributed by atoms with E-state index in [1.165, 1.54) is 24.3 Å². The van der Waals surface area contributed by atoms with Crippen molar-refractivity contribution in [3.8, 4) is 5.75 Å². The van der Waals surface area contributed by atoms with Crippen molar-refractivity contribution in [1.82, 2.24) is 0 Å². The molecule has 154 valence electrons. The first-order chi connectivity index (χ1) is 14.4. The minimum atomic E-state index is -1.03.